The van der Waals surface area contributed by atoms with Gasteiger partial charge in [-0.05, 0) is 18.6 Å². The highest BCUT2D eigenvalue weighted by molar-refractivity contribution is 5.26. The lowest BCUT2D eigenvalue weighted by molar-refractivity contribution is 0.100. The molecular formula is C11H14N2O2. The van der Waals surface area contributed by atoms with E-state index in [2.05, 4.69) is 11.9 Å². The van der Waals surface area contributed by atoms with Crippen LogP contribution >= 0.6 is 0 Å². The minimum Gasteiger partial charge on any atom is -0.490 e. The molecule has 0 saturated heterocycles. The maximum atomic E-state index is 8.53. The Labute approximate surface area is 89.5 Å². The van der Waals surface area contributed by atoms with Gasteiger partial charge in [0.15, 0.2) is 0 Å². The van der Waals surface area contributed by atoms with Crippen molar-refractivity contribution in [3.8, 4) is 11.8 Å². The fraction of sp³-hybridized carbons (Fsp3) is 0.455. The smallest absolute Gasteiger partial charge is 0.140 e. The number of pyridine rings is 1. The van der Waals surface area contributed by atoms with Gasteiger partial charge in [-0.2, -0.15) is 5.26 Å². The van der Waals surface area contributed by atoms with Gasteiger partial charge in [0.1, 0.15) is 24.1 Å². The molecule has 0 aliphatic rings. The predicted molar refractivity (Wildman–Crippen MR) is 55.6 cm³/mol. The van der Waals surface area contributed by atoms with Gasteiger partial charge in [0.2, 0.25) is 0 Å². The van der Waals surface area contributed by atoms with Crippen LogP contribution < -0.4 is 4.74 Å². The Morgan fingerprint density at radius 1 is 1.33 bits per heavy atom. The van der Waals surface area contributed by atoms with Gasteiger partial charge in [-0.1, -0.05) is 6.92 Å². The average Bonchev–Trinajstić information content (AvgIpc) is 2.30. The molecule has 0 saturated carbocycles. The first-order valence-corrected chi connectivity index (χ1v) is 4.93. The van der Waals surface area contributed by atoms with Gasteiger partial charge in [-0.3, -0.25) is 0 Å². The lowest BCUT2D eigenvalue weighted by Gasteiger charge is -2.05. The fourth-order valence-electron chi connectivity index (χ4n) is 0.997. The van der Waals surface area contributed by atoms with Crippen molar-refractivity contribution in [2.75, 3.05) is 19.8 Å². The summed E-state index contributed by atoms with van der Waals surface area (Å²) in [5, 5.41) is 8.53. The zero-order chi connectivity index (χ0) is 10.9. The van der Waals surface area contributed by atoms with Crippen molar-refractivity contribution in [1.29, 1.82) is 5.26 Å². The number of hydrogen-bond donors (Lipinski definition) is 0. The van der Waals surface area contributed by atoms with Gasteiger partial charge >= 0.3 is 0 Å². The molecule has 0 amide bonds. The van der Waals surface area contributed by atoms with Crippen LogP contribution in [0.4, 0.5) is 0 Å². The Balaban J connectivity index is 2.23. The van der Waals surface area contributed by atoms with Crippen molar-refractivity contribution in [2.45, 2.75) is 13.3 Å². The fourth-order valence-corrected chi connectivity index (χ4v) is 0.997. The summed E-state index contributed by atoms with van der Waals surface area (Å²) in [5.41, 5.74) is 0.393. The van der Waals surface area contributed by atoms with Crippen LogP contribution in [-0.2, 0) is 4.74 Å². The zero-order valence-electron chi connectivity index (χ0n) is 8.77. The van der Waals surface area contributed by atoms with Crippen LogP contribution in [0.5, 0.6) is 5.75 Å². The lowest BCUT2D eigenvalue weighted by atomic mass is 10.4. The molecule has 1 heterocycles. The Kier molecular flexibility index (Phi) is 5.20. The summed E-state index contributed by atoms with van der Waals surface area (Å²) in [6.45, 7) is 3.90. The van der Waals surface area contributed by atoms with E-state index in [1.54, 1.807) is 18.3 Å². The summed E-state index contributed by atoms with van der Waals surface area (Å²) in [6.07, 6.45) is 2.55. The number of rotatable bonds is 6. The molecule has 0 aliphatic heterocycles. The maximum absolute atomic E-state index is 8.53. The Morgan fingerprint density at radius 2 is 2.20 bits per heavy atom. The molecule has 0 fully saturated rings. The predicted octanol–water partition coefficient (Wildman–Crippen LogP) is 1.76. The number of aromatic nitrogens is 1. The highest BCUT2D eigenvalue weighted by Gasteiger charge is 1.95. The van der Waals surface area contributed by atoms with Crippen LogP contribution in [0.2, 0.25) is 0 Å². The van der Waals surface area contributed by atoms with Crippen LogP contribution in [-0.4, -0.2) is 24.8 Å². The van der Waals surface area contributed by atoms with E-state index >= 15 is 0 Å². The number of hydrogen-bond acceptors (Lipinski definition) is 4. The number of ether oxygens (including phenoxy) is 2. The minimum absolute atomic E-state index is 0.393. The molecule has 4 heteroatoms. The molecule has 0 atom stereocenters. The molecule has 80 valence electrons. The van der Waals surface area contributed by atoms with E-state index < -0.39 is 0 Å². The van der Waals surface area contributed by atoms with Crippen molar-refractivity contribution in [1.82, 2.24) is 4.98 Å². The topological polar surface area (TPSA) is 55.1 Å². The van der Waals surface area contributed by atoms with E-state index in [0.29, 0.717) is 24.7 Å². The van der Waals surface area contributed by atoms with Gasteiger partial charge < -0.3 is 9.47 Å². The molecule has 1 aromatic rings. The minimum atomic E-state index is 0.393. The van der Waals surface area contributed by atoms with Crippen LogP contribution in [0, 0.1) is 11.3 Å². The molecule has 1 rings (SSSR count). The van der Waals surface area contributed by atoms with Crippen molar-refractivity contribution in [3.05, 3.63) is 24.0 Å². The molecule has 0 spiro atoms. The summed E-state index contributed by atoms with van der Waals surface area (Å²) in [7, 11) is 0. The van der Waals surface area contributed by atoms with Crippen LogP contribution in [0.25, 0.3) is 0 Å². The van der Waals surface area contributed by atoms with E-state index in [-0.39, 0.29) is 0 Å². The molecule has 0 N–H and O–H groups in total. The highest BCUT2D eigenvalue weighted by Crippen LogP contribution is 2.08. The van der Waals surface area contributed by atoms with Gasteiger partial charge in [-0.25, -0.2) is 4.98 Å². The monoisotopic (exact) mass is 206 g/mol. The third-order valence-electron chi connectivity index (χ3n) is 1.70. The summed E-state index contributed by atoms with van der Waals surface area (Å²) < 4.78 is 10.6. The molecule has 0 aromatic carbocycles. The Morgan fingerprint density at radius 3 is 2.80 bits per heavy atom. The molecular weight excluding hydrogens is 192 g/mol. The maximum Gasteiger partial charge on any atom is 0.140 e. The summed E-state index contributed by atoms with van der Waals surface area (Å²) in [6, 6.07) is 5.30. The second-order valence-electron chi connectivity index (χ2n) is 2.95. The highest BCUT2D eigenvalue weighted by atomic mass is 16.5. The quantitative estimate of drug-likeness (QED) is 0.665. The SMILES string of the molecule is CCCOCCOc1ccc(C#N)nc1. The van der Waals surface area contributed by atoms with Gasteiger partial charge in [0.05, 0.1) is 12.8 Å². The van der Waals surface area contributed by atoms with Gasteiger partial charge in [0, 0.05) is 6.61 Å². The first kappa shape index (κ1) is 11.5. The van der Waals surface area contributed by atoms with Crippen molar-refractivity contribution >= 4 is 0 Å². The standard InChI is InChI=1S/C11H14N2O2/c1-2-5-14-6-7-15-11-4-3-10(8-12)13-9-11/h3-4,9H,2,5-7H2,1H3. The molecule has 0 unspecified atom stereocenters. The van der Waals surface area contributed by atoms with E-state index in [9.17, 15) is 0 Å². The molecule has 15 heavy (non-hydrogen) atoms. The second kappa shape index (κ2) is 6.80. The third-order valence-corrected chi connectivity index (χ3v) is 1.70. The molecule has 0 bridgehead atoms. The van der Waals surface area contributed by atoms with E-state index in [1.165, 1.54) is 0 Å². The van der Waals surface area contributed by atoms with Crippen molar-refractivity contribution in [2.24, 2.45) is 0 Å². The van der Waals surface area contributed by atoms with E-state index in [4.69, 9.17) is 14.7 Å². The summed E-state index contributed by atoms with van der Waals surface area (Å²) in [4.78, 5) is 3.89. The Bertz CT molecular complexity index is 316. The molecule has 1 aromatic heterocycles. The third kappa shape index (κ3) is 4.43. The second-order valence-corrected chi connectivity index (χ2v) is 2.95. The lowest BCUT2D eigenvalue weighted by Crippen LogP contribution is -2.07. The average molecular weight is 206 g/mol. The van der Waals surface area contributed by atoms with E-state index in [0.717, 1.165) is 13.0 Å². The number of nitrogens with zero attached hydrogens (tertiary/aromatic N) is 2. The zero-order valence-corrected chi connectivity index (χ0v) is 8.77. The van der Waals surface area contributed by atoms with Crippen molar-refractivity contribution < 1.29 is 9.47 Å². The van der Waals surface area contributed by atoms with Crippen LogP contribution in [0.15, 0.2) is 18.3 Å². The van der Waals surface area contributed by atoms with Gasteiger partial charge in [-0.15, -0.1) is 0 Å². The van der Waals surface area contributed by atoms with E-state index in [1.807, 2.05) is 6.07 Å². The van der Waals surface area contributed by atoms with Crippen LogP contribution in [0.1, 0.15) is 19.0 Å². The largest absolute Gasteiger partial charge is 0.490 e. The Hall–Kier alpha value is -1.60. The first-order chi connectivity index (χ1) is 7.36. The molecule has 4 nitrogen and oxygen atoms in total. The normalized spacial score (nSPS) is 9.60. The van der Waals surface area contributed by atoms with Crippen LogP contribution in [0.3, 0.4) is 0 Å². The number of nitriles is 1. The summed E-state index contributed by atoms with van der Waals surface area (Å²) >= 11 is 0. The summed E-state index contributed by atoms with van der Waals surface area (Å²) in [5.74, 6) is 0.661. The first-order valence-electron chi connectivity index (χ1n) is 4.93. The molecule has 0 radical (unpaired) electrons. The van der Waals surface area contributed by atoms with Gasteiger partial charge in [0.25, 0.3) is 0 Å². The molecule has 0 aliphatic carbocycles. The van der Waals surface area contributed by atoms with Crippen molar-refractivity contribution in [3.63, 3.8) is 0 Å².